The first-order valence-corrected chi connectivity index (χ1v) is 3.32. The van der Waals surface area contributed by atoms with Gasteiger partial charge in [-0.05, 0) is 6.92 Å². The third-order valence-corrected chi connectivity index (χ3v) is 1.64. The van der Waals surface area contributed by atoms with Crippen molar-refractivity contribution in [3.63, 3.8) is 0 Å². The molecule has 1 aliphatic rings. The van der Waals surface area contributed by atoms with Gasteiger partial charge in [0.15, 0.2) is 6.10 Å². The summed E-state index contributed by atoms with van der Waals surface area (Å²) >= 11 is 0. The number of quaternary nitrogens is 1. The molecular weight excluding hydrogens is 134 g/mol. The third-order valence-electron chi connectivity index (χ3n) is 1.64. The Kier molecular flexibility index (Phi) is 1.92. The number of esters is 1. The zero-order valence-corrected chi connectivity index (χ0v) is 5.91. The summed E-state index contributed by atoms with van der Waals surface area (Å²) in [7, 11) is 0. The minimum absolute atomic E-state index is 0.0903. The third kappa shape index (κ3) is 1.27. The molecule has 1 rings (SSSR count). The molecule has 0 aliphatic carbocycles. The van der Waals surface area contributed by atoms with E-state index in [0.717, 1.165) is 0 Å². The van der Waals surface area contributed by atoms with Crippen LogP contribution in [0.5, 0.6) is 0 Å². The van der Waals surface area contributed by atoms with Crippen molar-refractivity contribution >= 4 is 5.97 Å². The molecule has 4 N–H and O–H groups in total. The molecule has 0 bridgehead atoms. The lowest BCUT2D eigenvalue weighted by Crippen LogP contribution is -2.66. The highest BCUT2D eigenvalue weighted by atomic mass is 16.6. The average molecular weight is 146 g/mol. The van der Waals surface area contributed by atoms with E-state index in [1.165, 1.54) is 0 Å². The monoisotopic (exact) mass is 146 g/mol. The molecule has 10 heavy (non-hydrogen) atoms. The fraction of sp³-hybridized carbons (Fsp3) is 0.833. The molecule has 4 nitrogen and oxygen atoms in total. The molecule has 0 radical (unpaired) electrons. The number of ether oxygens (including phenoxy) is 1. The van der Waals surface area contributed by atoms with Crippen LogP contribution in [0.25, 0.3) is 0 Å². The summed E-state index contributed by atoms with van der Waals surface area (Å²) in [6.07, 6.45) is -0.670. The number of hydrogen-bond donors (Lipinski definition) is 2. The van der Waals surface area contributed by atoms with Crippen molar-refractivity contribution in [1.82, 2.24) is 0 Å². The highest BCUT2D eigenvalue weighted by molar-refractivity contribution is 5.72. The SMILES string of the molecule is C[C@@H](O)[C@@H]1OC(=O)C[C@H]1[NH3+]. The summed E-state index contributed by atoms with van der Waals surface area (Å²) in [5, 5.41) is 9.02. The van der Waals surface area contributed by atoms with Crippen LogP contribution < -0.4 is 5.73 Å². The maximum Gasteiger partial charge on any atom is 0.312 e. The Morgan fingerprint density at radius 1 is 1.90 bits per heavy atom. The molecule has 1 aliphatic heterocycles. The molecule has 0 aromatic heterocycles. The van der Waals surface area contributed by atoms with Gasteiger partial charge in [-0.25, -0.2) is 0 Å². The van der Waals surface area contributed by atoms with Gasteiger partial charge in [0.2, 0.25) is 0 Å². The zero-order chi connectivity index (χ0) is 7.72. The van der Waals surface area contributed by atoms with Crippen LogP contribution in [0.1, 0.15) is 13.3 Å². The van der Waals surface area contributed by atoms with E-state index < -0.39 is 12.2 Å². The van der Waals surface area contributed by atoms with Crippen LogP contribution in [0, 0.1) is 0 Å². The highest BCUT2D eigenvalue weighted by Gasteiger charge is 2.38. The summed E-state index contributed by atoms with van der Waals surface area (Å²) in [6, 6.07) is -0.0903. The summed E-state index contributed by atoms with van der Waals surface area (Å²) < 4.78 is 4.78. The van der Waals surface area contributed by atoms with E-state index >= 15 is 0 Å². The van der Waals surface area contributed by atoms with Crippen LogP contribution in [0.15, 0.2) is 0 Å². The maximum atomic E-state index is 10.6. The maximum absolute atomic E-state index is 10.6. The van der Waals surface area contributed by atoms with E-state index in [1.54, 1.807) is 6.92 Å². The molecule has 0 unspecified atom stereocenters. The summed E-state index contributed by atoms with van der Waals surface area (Å²) in [4.78, 5) is 10.6. The van der Waals surface area contributed by atoms with Gasteiger partial charge < -0.3 is 15.6 Å². The first-order chi connectivity index (χ1) is 4.61. The standard InChI is InChI=1S/C6H11NO3/c1-3(8)6-4(7)2-5(9)10-6/h3-4,6,8H,2,7H2,1H3/p+1/t3-,4-,6+/m1/s1. The molecule has 0 amide bonds. The van der Waals surface area contributed by atoms with Gasteiger partial charge in [-0.15, -0.1) is 0 Å². The van der Waals surface area contributed by atoms with Crippen LogP contribution in [-0.2, 0) is 9.53 Å². The van der Waals surface area contributed by atoms with E-state index in [1.807, 2.05) is 0 Å². The number of aliphatic hydroxyl groups excluding tert-OH is 1. The fourth-order valence-electron chi connectivity index (χ4n) is 1.12. The molecule has 1 saturated heterocycles. The Bertz CT molecular complexity index is 146. The molecule has 1 heterocycles. The van der Waals surface area contributed by atoms with Crippen LogP contribution >= 0.6 is 0 Å². The smallest absolute Gasteiger partial charge is 0.312 e. The second-order valence-corrected chi connectivity index (χ2v) is 2.66. The van der Waals surface area contributed by atoms with E-state index in [0.29, 0.717) is 6.42 Å². The van der Waals surface area contributed by atoms with Gasteiger partial charge in [-0.1, -0.05) is 0 Å². The van der Waals surface area contributed by atoms with Gasteiger partial charge in [0.25, 0.3) is 0 Å². The minimum atomic E-state index is -0.603. The largest absolute Gasteiger partial charge is 0.453 e. The quantitative estimate of drug-likeness (QED) is 0.433. The Balaban J connectivity index is 2.54. The van der Waals surface area contributed by atoms with Crippen molar-refractivity contribution in [3.8, 4) is 0 Å². The summed E-state index contributed by atoms with van der Waals surface area (Å²) in [6.45, 7) is 1.60. The molecule has 0 saturated carbocycles. The van der Waals surface area contributed by atoms with Crippen LogP contribution in [0.2, 0.25) is 0 Å². The van der Waals surface area contributed by atoms with E-state index in [2.05, 4.69) is 5.73 Å². The normalized spacial score (nSPS) is 35.7. The van der Waals surface area contributed by atoms with Crippen molar-refractivity contribution in [2.45, 2.75) is 31.6 Å². The number of rotatable bonds is 1. The van der Waals surface area contributed by atoms with E-state index in [4.69, 9.17) is 9.84 Å². The summed E-state index contributed by atoms with van der Waals surface area (Å²) in [5.41, 5.74) is 3.68. The molecular formula is C6H12NO3+. The number of carbonyl (C=O) groups excluding carboxylic acids is 1. The molecule has 0 aromatic rings. The van der Waals surface area contributed by atoms with Crippen molar-refractivity contribution in [3.05, 3.63) is 0 Å². The second kappa shape index (κ2) is 2.56. The highest BCUT2D eigenvalue weighted by Crippen LogP contribution is 2.14. The second-order valence-electron chi connectivity index (χ2n) is 2.66. The van der Waals surface area contributed by atoms with Crippen LogP contribution in [-0.4, -0.2) is 29.3 Å². The van der Waals surface area contributed by atoms with Crippen LogP contribution in [0.4, 0.5) is 0 Å². The molecule has 1 fully saturated rings. The molecule has 0 aromatic carbocycles. The predicted molar refractivity (Wildman–Crippen MR) is 32.9 cm³/mol. The van der Waals surface area contributed by atoms with Gasteiger partial charge in [-0.2, -0.15) is 0 Å². The first-order valence-electron chi connectivity index (χ1n) is 3.32. The molecule has 58 valence electrons. The Labute approximate surface area is 59.0 Å². The number of cyclic esters (lactones) is 1. The fourth-order valence-corrected chi connectivity index (χ4v) is 1.12. The first kappa shape index (κ1) is 7.50. The van der Waals surface area contributed by atoms with Gasteiger partial charge in [0, 0.05) is 0 Å². The zero-order valence-electron chi connectivity index (χ0n) is 5.91. The van der Waals surface area contributed by atoms with Crippen molar-refractivity contribution in [2.75, 3.05) is 0 Å². The number of carbonyl (C=O) groups is 1. The number of hydrogen-bond acceptors (Lipinski definition) is 3. The van der Waals surface area contributed by atoms with Crippen molar-refractivity contribution < 1.29 is 20.4 Å². The van der Waals surface area contributed by atoms with Gasteiger partial charge in [0.1, 0.15) is 12.5 Å². The number of aliphatic hydroxyl groups is 1. The van der Waals surface area contributed by atoms with E-state index in [9.17, 15) is 4.79 Å². The lowest BCUT2D eigenvalue weighted by atomic mass is 10.1. The topological polar surface area (TPSA) is 74.2 Å². The van der Waals surface area contributed by atoms with E-state index in [-0.39, 0.29) is 12.0 Å². The van der Waals surface area contributed by atoms with Gasteiger partial charge in [0.05, 0.1) is 6.10 Å². The van der Waals surface area contributed by atoms with Crippen LogP contribution in [0.3, 0.4) is 0 Å². The molecule has 4 heteroatoms. The lowest BCUT2D eigenvalue weighted by molar-refractivity contribution is -0.430. The Morgan fingerprint density at radius 2 is 2.50 bits per heavy atom. The Hall–Kier alpha value is -0.610. The molecule has 0 spiro atoms. The lowest BCUT2D eigenvalue weighted by Gasteiger charge is -2.13. The van der Waals surface area contributed by atoms with Crippen molar-refractivity contribution in [1.29, 1.82) is 0 Å². The minimum Gasteiger partial charge on any atom is -0.453 e. The average Bonchev–Trinajstić information content (AvgIpc) is 2.10. The Morgan fingerprint density at radius 3 is 2.70 bits per heavy atom. The van der Waals surface area contributed by atoms with Crippen molar-refractivity contribution in [2.24, 2.45) is 0 Å². The van der Waals surface area contributed by atoms with Gasteiger partial charge in [-0.3, -0.25) is 4.79 Å². The van der Waals surface area contributed by atoms with Gasteiger partial charge >= 0.3 is 5.97 Å². The predicted octanol–water partition coefficient (Wildman–Crippen LogP) is -1.71. The summed E-state index contributed by atoms with van der Waals surface area (Å²) in [5.74, 6) is -0.258. The molecule has 3 atom stereocenters.